The zero-order chi connectivity index (χ0) is 16.1. The highest BCUT2D eigenvalue weighted by Gasteiger charge is 2.18. The number of hydrogen-bond acceptors (Lipinski definition) is 4. The molecule has 0 saturated heterocycles. The fourth-order valence-corrected chi connectivity index (χ4v) is 2.62. The van der Waals surface area contributed by atoms with E-state index in [1.54, 1.807) is 18.4 Å². The number of hydrogen-bond donors (Lipinski definition) is 2. The number of guanidine groups is 1. The Hall–Kier alpha value is -0.0200. The van der Waals surface area contributed by atoms with Gasteiger partial charge in [0, 0.05) is 29.1 Å². The van der Waals surface area contributed by atoms with E-state index in [9.17, 15) is 0 Å². The van der Waals surface area contributed by atoms with E-state index >= 15 is 0 Å². The lowest BCUT2D eigenvalue weighted by molar-refractivity contribution is 0.582. The van der Waals surface area contributed by atoms with Crippen molar-refractivity contribution in [3.63, 3.8) is 0 Å². The molecule has 22 heavy (non-hydrogen) atoms. The number of halogens is 1. The van der Waals surface area contributed by atoms with Crippen molar-refractivity contribution in [1.29, 1.82) is 0 Å². The van der Waals surface area contributed by atoms with Gasteiger partial charge in [0.25, 0.3) is 0 Å². The maximum Gasteiger partial charge on any atom is 0.191 e. The second-order valence-electron chi connectivity index (χ2n) is 6.64. The fraction of sp³-hybridized carbons (Fsp3) is 0.733. The largest absolute Gasteiger partial charge is 0.355 e. The Morgan fingerprint density at radius 1 is 1.27 bits per heavy atom. The van der Waals surface area contributed by atoms with Gasteiger partial charge in [-0.3, -0.25) is 4.99 Å². The molecule has 1 heterocycles. The number of aliphatic imine (C=N–C) groups is 1. The third-order valence-electron chi connectivity index (χ3n) is 3.09. The predicted molar refractivity (Wildman–Crippen MR) is 112 cm³/mol. The first kappa shape index (κ1) is 22.0. The minimum Gasteiger partial charge on any atom is -0.355 e. The molecule has 128 valence electrons. The maximum atomic E-state index is 4.68. The van der Waals surface area contributed by atoms with Gasteiger partial charge in [-0.15, -0.1) is 35.3 Å². The normalized spacial score (nSPS) is 12.8. The van der Waals surface area contributed by atoms with Gasteiger partial charge in [-0.2, -0.15) is 11.8 Å². The molecule has 0 atom stereocenters. The lowest BCUT2D eigenvalue weighted by Gasteiger charge is -2.23. The van der Waals surface area contributed by atoms with E-state index in [-0.39, 0.29) is 34.1 Å². The standard InChI is InChI=1S/C15H28N4S2.HI/c1-14(2,3)12-19-11(9-21-12)8-17-13(16-6)18-10-15(4,5)20-7;/h9H,8,10H2,1-7H3,(H2,16,17,18);1H. The third kappa shape index (κ3) is 7.50. The lowest BCUT2D eigenvalue weighted by atomic mass is 9.98. The maximum absolute atomic E-state index is 4.68. The number of nitrogens with zero attached hydrogens (tertiary/aromatic N) is 2. The molecule has 4 nitrogen and oxygen atoms in total. The van der Waals surface area contributed by atoms with E-state index < -0.39 is 0 Å². The predicted octanol–water partition coefficient (Wildman–Crippen LogP) is 3.87. The highest BCUT2D eigenvalue weighted by Crippen LogP contribution is 2.25. The molecule has 0 radical (unpaired) electrons. The number of thioether (sulfide) groups is 1. The van der Waals surface area contributed by atoms with Crippen LogP contribution in [0.25, 0.3) is 0 Å². The average Bonchev–Trinajstić information content (AvgIpc) is 2.88. The minimum absolute atomic E-state index is 0. The third-order valence-corrected chi connectivity index (χ3v) is 5.65. The van der Waals surface area contributed by atoms with Gasteiger partial charge in [0.15, 0.2) is 5.96 Å². The first-order valence-corrected chi connectivity index (χ1v) is 9.23. The van der Waals surface area contributed by atoms with Gasteiger partial charge in [-0.05, 0) is 20.1 Å². The van der Waals surface area contributed by atoms with Crippen LogP contribution >= 0.6 is 47.1 Å². The minimum atomic E-state index is 0. The molecule has 2 N–H and O–H groups in total. The number of nitrogens with one attached hydrogen (secondary N) is 2. The number of aromatic nitrogens is 1. The average molecular weight is 456 g/mol. The van der Waals surface area contributed by atoms with Crippen LogP contribution in [0, 0.1) is 0 Å². The molecule has 0 saturated carbocycles. The first-order chi connectivity index (χ1) is 9.68. The molecule has 0 unspecified atom stereocenters. The molecular formula is C15H29IN4S2. The van der Waals surface area contributed by atoms with E-state index in [4.69, 9.17) is 0 Å². The Kier molecular flexibility index (Phi) is 9.31. The Labute approximate surface area is 160 Å². The highest BCUT2D eigenvalue weighted by atomic mass is 127. The van der Waals surface area contributed by atoms with Gasteiger partial charge in [-0.25, -0.2) is 4.98 Å². The topological polar surface area (TPSA) is 49.3 Å². The van der Waals surface area contributed by atoms with Crippen LogP contribution in [0.5, 0.6) is 0 Å². The zero-order valence-electron chi connectivity index (χ0n) is 14.6. The SMILES string of the molecule is CN=C(NCc1csc(C(C)(C)C)n1)NCC(C)(C)SC.I. The Balaban J connectivity index is 0.00000441. The summed E-state index contributed by atoms with van der Waals surface area (Å²) < 4.78 is 0.192. The quantitative estimate of drug-likeness (QED) is 0.401. The van der Waals surface area contributed by atoms with Crippen molar-refractivity contribution in [3.05, 3.63) is 16.1 Å². The molecule has 0 aliphatic carbocycles. The van der Waals surface area contributed by atoms with Crippen molar-refractivity contribution in [2.24, 2.45) is 4.99 Å². The van der Waals surface area contributed by atoms with Gasteiger partial charge in [0.2, 0.25) is 0 Å². The number of thiazole rings is 1. The summed E-state index contributed by atoms with van der Waals surface area (Å²) in [6, 6.07) is 0. The summed E-state index contributed by atoms with van der Waals surface area (Å²) in [5.74, 6) is 0.822. The zero-order valence-corrected chi connectivity index (χ0v) is 18.6. The van der Waals surface area contributed by atoms with Crippen molar-refractivity contribution in [2.75, 3.05) is 19.8 Å². The summed E-state index contributed by atoms with van der Waals surface area (Å²) >= 11 is 3.57. The molecule has 0 amide bonds. The van der Waals surface area contributed by atoms with Crippen LogP contribution in [0.2, 0.25) is 0 Å². The van der Waals surface area contributed by atoms with Crippen LogP contribution < -0.4 is 10.6 Å². The second kappa shape index (κ2) is 9.32. The number of rotatable bonds is 5. The van der Waals surface area contributed by atoms with E-state index in [0.717, 1.165) is 18.2 Å². The second-order valence-corrected chi connectivity index (χ2v) is 9.01. The molecular weight excluding hydrogens is 427 g/mol. The Morgan fingerprint density at radius 2 is 1.91 bits per heavy atom. The molecule has 1 aromatic rings. The summed E-state index contributed by atoms with van der Waals surface area (Å²) in [6.07, 6.45) is 2.13. The van der Waals surface area contributed by atoms with E-state index in [2.05, 4.69) is 66.9 Å². The summed E-state index contributed by atoms with van der Waals surface area (Å²) in [5.41, 5.74) is 1.18. The monoisotopic (exact) mass is 456 g/mol. The first-order valence-electron chi connectivity index (χ1n) is 7.12. The van der Waals surface area contributed by atoms with Crippen molar-refractivity contribution in [3.8, 4) is 0 Å². The molecule has 0 aliphatic heterocycles. The van der Waals surface area contributed by atoms with Crippen molar-refractivity contribution in [2.45, 2.75) is 51.3 Å². The smallest absolute Gasteiger partial charge is 0.191 e. The highest BCUT2D eigenvalue weighted by molar-refractivity contribution is 14.0. The van der Waals surface area contributed by atoms with Crippen molar-refractivity contribution in [1.82, 2.24) is 15.6 Å². The molecule has 0 aliphatic rings. The molecule has 1 aromatic heterocycles. The van der Waals surface area contributed by atoms with Crippen LogP contribution in [-0.2, 0) is 12.0 Å². The van der Waals surface area contributed by atoms with Crippen LogP contribution in [0.4, 0.5) is 0 Å². The van der Waals surface area contributed by atoms with Crippen LogP contribution in [0.3, 0.4) is 0 Å². The van der Waals surface area contributed by atoms with Gasteiger partial charge < -0.3 is 10.6 Å². The van der Waals surface area contributed by atoms with E-state index in [0.29, 0.717) is 6.54 Å². The van der Waals surface area contributed by atoms with Crippen molar-refractivity contribution >= 4 is 53.0 Å². The van der Waals surface area contributed by atoms with Crippen LogP contribution in [-0.4, -0.2) is 35.5 Å². The summed E-state index contributed by atoms with van der Waals surface area (Å²) in [7, 11) is 1.79. The fourth-order valence-electron chi connectivity index (χ4n) is 1.50. The van der Waals surface area contributed by atoms with Crippen LogP contribution in [0.15, 0.2) is 10.4 Å². The van der Waals surface area contributed by atoms with Crippen LogP contribution in [0.1, 0.15) is 45.3 Å². The summed E-state index contributed by atoms with van der Waals surface area (Å²) in [5, 5.41) is 9.97. The summed E-state index contributed by atoms with van der Waals surface area (Å²) in [4.78, 5) is 8.94. The van der Waals surface area contributed by atoms with Gasteiger partial charge >= 0.3 is 0 Å². The molecule has 7 heteroatoms. The Bertz CT molecular complexity index is 478. The molecule has 0 fully saturated rings. The van der Waals surface area contributed by atoms with Gasteiger partial charge in [-0.1, -0.05) is 20.8 Å². The van der Waals surface area contributed by atoms with E-state index in [1.165, 1.54) is 5.01 Å². The van der Waals surface area contributed by atoms with E-state index in [1.807, 2.05) is 11.8 Å². The molecule has 0 aromatic carbocycles. The molecule has 0 bridgehead atoms. The van der Waals surface area contributed by atoms with Gasteiger partial charge in [0.05, 0.1) is 17.2 Å². The van der Waals surface area contributed by atoms with Gasteiger partial charge in [0.1, 0.15) is 0 Å². The molecule has 1 rings (SSSR count). The molecule has 0 spiro atoms. The Morgan fingerprint density at radius 3 is 2.36 bits per heavy atom. The lowest BCUT2D eigenvalue weighted by Crippen LogP contribution is -2.43. The van der Waals surface area contributed by atoms with Crippen molar-refractivity contribution < 1.29 is 0 Å². The summed E-state index contributed by atoms with van der Waals surface area (Å²) in [6.45, 7) is 12.6.